The second-order valence-corrected chi connectivity index (χ2v) is 6.17. The Morgan fingerprint density at radius 2 is 1.62 bits per heavy atom. The first kappa shape index (κ1) is 11.1. The SMILES string of the molecule is BC(C)(C)C(C)C1CCC(C)CC1. The smallest absolute Gasteiger partial charge is 0.0669 e. The summed E-state index contributed by atoms with van der Waals surface area (Å²) in [6.45, 7) is 9.62. The Morgan fingerprint density at radius 3 is 2.00 bits per heavy atom. The van der Waals surface area contributed by atoms with Gasteiger partial charge in [0.1, 0.15) is 7.85 Å². The highest BCUT2D eigenvalue weighted by Crippen LogP contribution is 2.42. The molecule has 1 heteroatoms. The van der Waals surface area contributed by atoms with E-state index in [1.165, 1.54) is 25.7 Å². The molecule has 1 unspecified atom stereocenters. The van der Waals surface area contributed by atoms with Gasteiger partial charge in [-0.2, -0.15) is 0 Å². The van der Waals surface area contributed by atoms with Crippen LogP contribution < -0.4 is 0 Å². The van der Waals surface area contributed by atoms with Crippen molar-refractivity contribution in [3.05, 3.63) is 0 Å². The Kier molecular flexibility index (Phi) is 3.48. The molecule has 1 saturated carbocycles. The zero-order valence-electron chi connectivity index (χ0n) is 10.1. The average Bonchev–Trinajstić information content (AvgIpc) is 2.03. The molecule has 0 radical (unpaired) electrons. The van der Waals surface area contributed by atoms with E-state index < -0.39 is 0 Å². The molecule has 0 bridgehead atoms. The van der Waals surface area contributed by atoms with Gasteiger partial charge in [0.25, 0.3) is 0 Å². The quantitative estimate of drug-likeness (QED) is 0.572. The van der Waals surface area contributed by atoms with Crippen LogP contribution in [0.3, 0.4) is 0 Å². The summed E-state index contributed by atoms with van der Waals surface area (Å²) in [6, 6.07) is 0. The van der Waals surface area contributed by atoms with Gasteiger partial charge in [-0.05, 0) is 30.6 Å². The molecule has 1 rings (SSSR count). The molecule has 1 atom stereocenters. The normalized spacial score (nSPS) is 32.9. The van der Waals surface area contributed by atoms with Crippen LogP contribution in [-0.4, -0.2) is 7.85 Å². The van der Waals surface area contributed by atoms with Crippen LogP contribution in [0.2, 0.25) is 5.31 Å². The van der Waals surface area contributed by atoms with Crippen molar-refractivity contribution < 1.29 is 0 Å². The topological polar surface area (TPSA) is 0 Å². The van der Waals surface area contributed by atoms with Crippen LogP contribution in [0.25, 0.3) is 0 Å². The third-order valence-corrected chi connectivity index (χ3v) is 4.13. The summed E-state index contributed by atoms with van der Waals surface area (Å²) in [6.07, 6.45) is 5.87. The first-order chi connectivity index (χ1) is 5.91. The van der Waals surface area contributed by atoms with Crippen molar-refractivity contribution >= 4 is 7.85 Å². The Morgan fingerprint density at radius 1 is 1.15 bits per heavy atom. The van der Waals surface area contributed by atoms with E-state index in [0.717, 1.165) is 17.8 Å². The van der Waals surface area contributed by atoms with Crippen molar-refractivity contribution in [1.82, 2.24) is 0 Å². The Hall–Kier alpha value is 0.0649. The fraction of sp³-hybridized carbons (Fsp3) is 1.00. The van der Waals surface area contributed by atoms with Gasteiger partial charge in [0, 0.05) is 0 Å². The van der Waals surface area contributed by atoms with Crippen LogP contribution in [0.5, 0.6) is 0 Å². The van der Waals surface area contributed by atoms with Crippen LogP contribution in [0.1, 0.15) is 53.4 Å². The molecule has 0 nitrogen and oxygen atoms in total. The van der Waals surface area contributed by atoms with Crippen LogP contribution >= 0.6 is 0 Å². The molecular weight excluding hydrogens is 155 g/mol. The largest absolute Gasteiger partial charge is 0.109 e. The number of hydrogen-bond acceptors (Lipinski definition) is 0. The zero-order valence-corrected chi connectivity index (χ0v) is 10.1. The molecule has 0 saturated heterocycles. The van der Waals surface area contributed by atoms with Crippen molar-refractivity contribution in [2.45, 2.75) is 58.7 Å². The van der Waals surface area contributed by atoms with Crippen molar-refractivity contribution in [3.8, 4) is 0 Å². The molecular formula is C12H25B. The standard InChI is InChI=1S/C12H25B/c1-9-5-7-11(8-6-9)10(2)12(3,4)13/h9-11H,5-8,13H2,1-4H3. The lowest BCUT2D eigenvalue weighted by Gasteiger charge is -2.38. The van der Waals surface area contributed by atoms with Crippen LogP contribution in [0.4, 0.5) is 0 Å². The van der Waals surface area contributed by atoms with Gasteiger partial charge in [-0.1, -0.05) is 45.9 Å². The first-order valence-electron chi connectivity index (χ1n) is 5.91. The van der Waals surface area contributed by atoms with E-state index in [2.05, 4.69) is 35.5 Å². The Balaban J connectivity index is 2.45. The molecule has 1 fully saturated rings. The monoisotopic (exact) mass is 180 g/mol. The summed E-state index contributed by atoms with van der Waals surface area (Å²) in [5, 5.41) is 0.505. The lowest BCUT2D eigenvalue weighted by atomic mass is 9.58. The third kappa shape index (κ3) is 3.04. The van der Waals surface area contributed by atoms with E-state index in [9.17, 15) is 0 Å². The van der Waals surface area contributed by atoms with Crippen molar-refractivity contribution in [1.29, 1.82) is 0 Å². The second kappa shape index (κ2) is 4.06. The highest BCUT2D eigenvalue weighted by molar-refractivity contribution is 6.14. The maximum absolute atomic E-state index is 2.45. The fourth-order valence-corrected chi connectivity index (χ4v) is 2.49. The summed E-state index contributed by atoms with van der Waals surface area (Å²) in [5.41, 5.74) is 0. The number of rotatable bonds is 2. The van der Waals surface area contributed by atoms with Crippen molar-refractivity contribution in [3.63, 3.8) is 0 Å². The van der Waals surface area contributed by atoms with Gasteiger partial charge < -0.3 is 0 Å². The van der Waals surface area contributed by atoms with E-state index >= 15 is 0 Å². The van der Waals surface area contributed by atoms with E-state index in [0.29, 0.717) is 5.31 Å². The minimum atomic E-state index is 0.505. The molecule has 0 aromatic carbocycles. The maximum atomic E-state index is 2.45. The molecule has 0 amide bonds. The second-order valence-electron chi connectivity index (χ2n) is 6.17. The first-order valence-corrected chi connectivity index (χ1v) is 5.91. The summed E-state index contributed by atoms with van der Waals surface area (Å²) in [5.74, 6) is 2.87. The van der Waals surface area contributed by atoms with E-state index in [1.54, 1.807) is 0 Å². The zero-order chi connectivity index (χ0) is 10.1. The maximum Gasteiger partial charge on any atom is 0.109 e. The minimum Gasteiger partial charge on any atom is -0.0669 e. The predicted molar refractivity (Wildman–Crippen MR) is 62.9 cm³/mol. The molecule has 0 aromatic rings. The highest BCUT2D eigenvalue weighted by atomic mass is 14.3. The van der Waals surface area contributed by atoms with E-state index in [4.69, 9.17) is 0 Å². The van der Waals surface area contributed by atoms with Gasteiger partial charge in [-0.25, -0.2) is 0 Å². The Labute approximate surface area is 84.9 Å². The molecule has 76 valence electrons. The van der Waals surface area contributed by atoms with Gasteiger partial charge in [0.15, 0.2) is 0 Å². The van der Waals surface area contributed by atoms with E-state index in [1.807, 2.05) is 0 Å². The summed E-state index contributed by atoms with van der Waals surface area (Å²) < 4.78 is 0. The third-order valence-electron chi connectivity index (χ3n) is 4.13. The molecule has 0 aliphatic heterocycles. The minimum absolute atomic E-state index is 0.505. The van der Waals surface area contributed by atoms with Crippen LogP contribution in [0.15, 0.2) is 0 Å². The molecule has 0 aromatic heterocycles. The van der Waals surface area contributed by atoms with Gasteiger partial charge >= 0.3 is 0 Å². The van der Waals surface area contributed by atoms with Gasteiger partial charge in [-0.3, -0.25) is 0 Å². The lowest BCUT2D eigenvalue weighted by Crippen LogP contribution is -2.26. The molecule has 13 heavy (non-hydrogen) atoms. The average molecular weight is 180 g/mol. The molecule has 0 spiro atoms. The van der Waals surface area contributed by atoms with Crippen molar-refractivity contribution in [2.75, 3.05) is 0 Å². The molecule has 1 aliphatic rings. The van der Waals surface area contributed by atoms with Crippen LogP contribution in [0, 0.1) is 17.8 Å². The van der Waals surface area contributed by atoms with E-state index in [-0.39, 0.29) is 0 Å². The Bertz CT molecular complexity index is 149. The summed E-state index contributed by atoms with van der Waals surface area (Å²) in [7, 11) is 2.38. The summed E-state index contributed by atoms with van der Waals surface area (Å²) in [4.78, 5) is 0. The lowest BCUT2D eigenvalue weighted by molar-refractivity contribution is 0.193. The van der Waals surface area contributed by atoms with Crippen molar-refractivity contribution in [2.24, 2.45) is 17.8 Å². The highest BCUT2D eigenvalue weighted by Gasteiger charge is 2.30. The van der Waals surface area contributed by atoms with Gasteiger partial charge in [0.05, 0.1) is 0 Å². The number of hydrogen-bond donors (Lipinski definition) is 0. The van der Waals surface area contributed by atoms with Crippen LogP contribution in [-0.2, 0) is 0 Å². The molecule has 1 aliphatic carbocycles. The summed E-state index contributed by atoms with van der Waals surface area (Å²) >= 11 is 0. The fourth-order valence-electron chi connectivity index (χ4n) is 2.49. The van der Waals surface area contributed by atoms with Gasteiger partial charge in [0.2, 0.25) is 0 Å². The molecule has 0 N–H and O–H groups in total. The van der Waals surface area contributed by atoms with Gasteiger partial charge in [-0.15, -0.1) is 0 Å². The predicted octanol–water partition coefficient (Wildman–Crippen LogP) is 3.28. The molecule has 0 heterocycles.